The number of carbonyl (C=O) groups excluding carboxylic acids is 1. The van der Waals surface area contributed by atoms with E-state index in [1.54, 1.807) is 19.9 Å². The van der Waals surface area contributed by atoms with E-state index in [2.05, 4.69) is 0 Å². The van der Waals surface area contributed by atoms with Crippen LogP contribution in [0.3, 0.4) is 0 Å². The first kappa shape index (κ1) is 19.8. The molecule has 7 heteroatoms. The molecule has 1 saturated carbocycles. The number of carbonyl (C=O) groups is 1. The van der Waals surface area contributed by atoms with Crippen LogP contribution in [0.1, 0.15) is 51.1 Å². The van der Waals surface area contributed by atoms with Crippen molar-refractivity contribution in [2.45, 2.75) is 51.2 Å². The predicted molar refractivity (Wildman–Crippen MR) is 108 cm³/mol. The minimum absolute atomic E-state index is 0.0914. The lowest BCUT2D eigenvalue weighted by Crippen LogP contribution is -2.26. The first-order chi connectivity index (χ1) is 13.7. The number of fused-ring (bicyclic) bond motifs is 1. The summed E-state index contributed by atoms with van der Waals surface area (Å²) in [5.74, 6) is -1.11. The van der Waals surface area contributed by atoms with E-state index in [0.29, 0.717) is 11.3 Å². The Morgan fingerprint density at radius 2 is 1.93 bits per heavy atom. The summed E-state index contributed by atoms with van der Waals surface area (Å²) < 4.78 is 29.6. The summed E-state index contributed by atoms with van der Waals surface area (Å²) in [6.07, 6.45) is 8.57. The number of hydrogen-bond donors (Lipinski definition) is 1. The number of rotatable bonds is 4. The number of allylic oxidation sites excluding steroid dienone is 2. The van der Waals surface area contributed by atoms with E-state index in [4.69, 9.17) is 5.10 Å². The van der Waals surface area contributed by atoms with Crippen LogP contribution in [0.25, 0.3) is 10.9 Å². The van der Waals surface area contributed by atoms with E-state index in [-0.39, 0.29) is 18.5 Å². The standard InChI is InChI=1S/C22H25F2N3O2/c1-22(2,29)19-9-20-15(7-21(19)26-11-16(23)8-17(24)12-26)10-27(25-20)18-5-3-14(13-28)4-6-18/h7-11,13-14,18,29H,3-6,12H2,1-2H3. The smallest absolute Gasteiger partial charge is 0.142 e. The van der Waals surface area contributed by atoms with Crippen LogP contribution in [0, 0.1) is 5.92 Å². The Hall–Kier alpha value is -2.54. The van der Waals surface area contributed by atoms with Crippen LogP contribution in [0.2, 0.25) is 0 Å². The molecule has 154 valence electrons. The lowest BCUT2D eigenvalue weighted by atomic mass is 9.87. The highest BCUT2D eigenvalue weighted by molar-refractivity contribution is 5.85. The van der Waals surface area contributed by atoms with Gasteiger partial charge < -0.3 is 14.8 Å². The molecule has 1 aliphatic heterocycles. The molecule has 1 aromatic heterocycles. The van der Waals surface area contributed by atoms with Gasteiger partial charge in [0.25, 0.3) is 0 Å². The molecule has 2 aromatic rings. The zero-order chi connectivity index (χ0) is 20.8. The molecule has 0 bridgehead atoms. The van der Waals surface area contributed by atoms with Crippen molar-refractivity contribution < 1.29 is 18.7 Å². The monoisotopic (exact) mass is 401 g/mol. The number of nitrogens with zero attached hydrogens (tertiary/aromatic N) is 3. The molecule has 4 rings (SSSR count). The van der Waals surface area contributed by atoms with Crippen LogP contribution < -0.4 is 4.90 Å². The van der Waals surface area contributed by atoms with Gasteiger partial charge in [0.2, 0.25) is 0 Å². The highest BCUT2D eigenvalue weighted by Crippen LogP contribution is 2.37. The molecule has 5 nitrogen and oxygen atoms in total. The van der Waals surface area contributed by atoms with E-state index in [1.807, 2.05) is 16.9 Å². The molecule has 1 aromatic carbocycles. The molecule has 1 fully saturated rings. The van der Waals surface area contributed by atoms with Gasteiger partial charge in [-0.25, -0.2) is 8.78 Å². The van der Waals surface area contributed by atoms with Crippen molar-refractivity contribution in [1.82, 2.24) is 9.78 Å². The number of benzene rings is 1. The zero-order valence-corrected chi connectivity index (χ0v) is 16.6. The number of halogens is 2. The molecule has 2 aliphatic rings. The van der Waals surface area contributed by atoms with E-state index in [9.17, 15) is 18.7 Å². The Morgan fingerprint density at radius 1 is 1.21 bits per heavy atom. The van der Waals surface area contributed by atoms with Gasteiger partial charge in [-0.2, -0.15) is 5.10 Å². The Kier molecular flexibility index (Phi) is 5.02. The Bertz CT molecular complexity index is 995. The first-order valence-corrected chi connectivity index (χ1v) is 9.95. The fraction of sp³-hybridized carbons (Fsp3) is 0.455. The fourth-order valence-electron chi connectivity index (χ4n) is 4.24. The van der Waals surface area contributed by atoms with Gasteiger partial charge in [-0.05, 0) is 51.7 Å². The first-order valence-electron chi connectivity index (χ1n) is 9.95. The molecule has 0 amide bonds. The largest absolute Gasteiger partial charge is 0.386 e. The molecule has 0 unspecified atom stereocenters. The number of aldehydes is 1. The lowest BCUT2D eigenvalue weighted by molar-refractivity contribution is -0.112. The van der Waals surface area contributed by atoms with Crippen LogP contribution in [0.5, 0.6) is 0 Å². The maximum Gasteiger partial charge on any atom is 0.142 e. The highest BCUT2D eigenvalue weighted by Gasteiger charge is 2.27. The van der Waals surface area contributed by atoms with Crippen molar-refractivity contribution >= 4 is 22.9 Å². The van der Waals surface area contributed by atoms with E-state index in [0.717, 1.165) is 48.9 Å². The molecule has 1 N–H and O–H groups in total. The summed E-state index contributed by atoms with van der Waals surface area (Å²) in [6.45, 7) is 3.20. The van der Waals surface area contributed by atoms with Crippen molar-refractivity contribution in [2.24, 2.45) is 5.92 Å². The average molecular weight is 401 g/mol. The Balaban J connectivity index is 1.74. The maximum absolute atomic E-state index is 13.9. The minimum Gasteiger partial charge on any atom is -0.386 e. The number of aromatic nitrogens is 2. The highest BCUT2D eigenvalue weighted by atomic mass is 19.1. The van der Waals surface area contributed by atoms with Gasteiger partial charge in [0.1, 0.15) is 17.9 Å². The lowest BCUT2D eigenvalue weighted by Gasteiger charge is -2.29. The third-order valence-corrected chi connectivity index (χ3v) is 5.81. The second-order valence-corrected chi connectivity index (χ2v) is 8.53. The van der Waals surface area contributed by atoms with Crippen molar-refractivity contribution in [1.29, 1.82) is 0 Å². The molecular weight excluding hydrogens is 376 g/mol. The molecule has 0 saturated heterocycles. The van der Waals surface area contributed by atoms with Crippen LogP contribution in [-0.2, 0) is 10.4 Å². The van der Waals surface area contributed by atoms with Crippen molar-refractivity contribution in [3.05, 3.63) is 47.8 Å². The summed E-state index contributed by atoms with van der Waals surface area (Å²) in [6, 6.07) is 3.84. The zero-order valence-electron chi connectivity index (χ0n) is 16.6. The number of aliphatic hydroxyl groups is 1. The van der Waals surface area contributed by atoms with E-state index in [1.165, 1.54) is 11.1 Å². The van der Waals surface area contributed by atoms with Gasteiger partial charge in [-0.3, -0.25) is 4.68 Å². The molecule has 0 spiro atoms. The Labute approximate surface area is 168 Å². The number of hydrogen-bond acceptors (Lipinski definition) is 4. The molecule has 2 heterocycles. The molecule has 0 radical (unpaired) electrons. The second kappa shape index (κ2) is 7.37. The van der Waals surface area contributed by atoms with E-state index < -0.39 is 17.3 Å². The van der Waals surface area contributed by atoms with Crippen molar-refractivity contribution in [3.63, 3.8) is 0 Å². The summed E-state index contributed by atoms with van der Waals surface area (Å²) in [5.41, 5.74) is 0.615. The third kappa shape index (κ3) is 3.96. The average Bonchev–Trinajstić information content (AvgIpc) is 3.09. The second-order valence-electron chi connectivity index (χ2n) is 8.53. The quantitative estimate of drug-likeness (QED) is 0.756. The van der Waals surface area contributed by atoms with Crippen LogP contribution in [0.15, 0.2) is 42.3 Å². The van der Waals surface area contributed by atoms with Gasteiger partial charge >= 0.3 is 0 Å². The molecule has 1 aliphatic carbocycles. The Morgan fingerprint density at radius 3 is 2.55 bits per heavy atom. The summed E-state index contributed by atoms with van der Waals surface area (Å²) in [5, 5.41) is 16.2. The van der Waals surface area contributed by atoms with Gasteiger partial charge in [0, 0.05) is 41.0 Å². The van der Waals surface area contributed by atoms with Crippen LogP contribution >= 0.6 is 0 Å². The van der Waals surface area contributed by atoms with Crippen LogP contribution in [-0.4, -0.2) is 27.7 Å². The summed E-state index contributed by atoms with van der Waals surface area (Å²) in [4.78, 5) is 12.5. The predicted octanol–water partition coefficient (Wildman–Crippen LogP) is 4.68. The summed E-state index contributed by atoms with van der Waals surface area (Å²) in [7, 11) is 0. The summed E-state index contributed by atoms with van der Waals surface area (Å²) >= 11 is 0. The maximum atomic E-state index is 13.9. The van der Waals surface area contributed by atoms with Crippen LogP contribution in [0.4, 0.5) is 14.5 Å². The normalized spacial score (nSPS) is 23.1. The molecular formula is C22H25F2N3O2. The minimum atomic E-state index is -1.21. The van der Waals surface area contributed by atoms with Crippen molar-refractivity contribution in [3.8, 4) is 0 Å². The van der Waals surface area contributed by atoms with Gasteiger partial charge in [-0.15, -0.1) is 0 Å². The number of anilines is 1. The van der Waals surface area contributed by atoms with Gasteiger partial charge in [0.15, 0.2) is 0 Å². The fourth-order valence-corrected chi connectivity index (χ4v) is 4.24. The van der Waals surface area contributed by atoms with Crippen molar-refractivity contribution in [2.75, 3.05) is 11.4 Å². The van der Waals surface area contributed by atoms with Gasteiger partial charge in [0.05, 0.1) is 23.7 Å². The topological polar surface area (TPSA) is 58.4 Å². The molecule has 29 heavy (non-hydrogen) atoms. The molecule has 0 atom stereocenters. The SMILES string of the molecule is CC(C)(O)c1cc2nn(C3CCC(C=O)CC3)cc2cc1N1C=C(F)C=C(F)C1. The third-order valence-electron chi connectivity index (χ3n) is 5.81. The van der Waals surface area contributed by atoms with E-state index >= 15 is 0 Å². The van der Waals surface area contributed by atoms with Gasteiger partial charge in [-0.1, -0.05) is 0 Å².